The molecule has 7 nitrogen and oxygen atoms in total. The molecule has 2 fully saturated rings. The molecule has 1 aromatic rings. The Morgan fingerprint density at radius 1 is 1.17 bits per heavy atom. The number of ether oxygens (including phenoxy) is 3. The van der Waals surface area contributed by atoms with Crippen molar-refractivity contribution in [3.05, 3.63) is 23.8 Å². The average molecular weight is 418 g/mol. The van der Waals surface area contributed by atoms with E-state index in [2.05, 4.69) is 23.2 Å². The Hall–Kier alpha value is -2.44. The molecule has 7 heteroatoms. The Balaban J connectivity index is 1.72. The van der Waals surface area contributed by atoms with Crippen LogP contribution in [0.25, 0.3) is 0 Å². The Bertz CT molecular complexity index is 723. The SMILES string of the molecule is CCNC(=NCc1cccc(OC)c1OC1CCCC1)N1CCC(C(=O)OC)CC1. The third-order valence-electron chi connectivity index (χ3n) is 5.93. The minimum absolute atomic E-state index is 0.0149. The van der Waals surface area contributed by atoms with E-state index in [-0.39, 0.29) is 18.0 Å². The molecule has 0 aromatic heterocycles. The first-order valence-electron chi connectivity index (χ1n) is 11.1. The normalized spacial score (nSPS) is 18.4. The van der Waals surface area contributed by atoms with Crippen molar-refractivity contribution >= 4 is 11.9 Å². The van der Waals surface area contributed by atoms with Gasteiger partial charge in [0.2, 0.25) is 0 Å². The van der Waals surface area contributed by atoms with E-state index in [1.54, 1.807) is 7.11 Å². The number of para-hydroxylation sites is 1. The summed E-state index contributed by atoms with van der Waals surface area (Å²) in [6.07, 6.45) is 6.46. The third kappa shape index (κ3) is 5.58. The van der Waals surface area contributed by atoms with Crippen LogP contribution in [0, 0.1) is 5.92 Å². The number of piperidine rings is 1. The summed E-state index contributed by atoms with van der Waals surface area (Å²) in [5, 5.41) is 3.39. The lowest BCUT2D eigenvalue weighted by Gasteiger charge is -2.33. The largest absolute Gasteiger partial charge is 0.493 e. The molecule has 0 amide bonds. The highest BCUT2D eigenvalue weighted by Crippen LogP contribution is 2.35. The van der Waals surface area contributed by atoms with Crippen molar-refractivity contribution in [2.75, 3.05) is 33.9 Å². The van der Waals surface area contributed by atoms with Crippen LogP contribution >= 0.6 is 0 Å². The Morgan fingerprint density at radius 2 is 1.90 bits per heavy atom. The van der Waals surface area contributed by atoms with Crippen molar-refractivity contribution in [2.24, 2.45) is 10.9 Å². The number of benzene rings is 1. The van der Waals surface area contributed by atoms with E-state index >= 15 is 0 Å². The molecule has 2 aliphatic rings. The zero-order valence-corrected chi connectivity index (χ0v) is 18.5. The highest BCUT2D eigenvalue weighted by atomic mass is 16.5. The predicted molar refractivity (Wildman–Crippen MR) is 117 cm³/mol. The zero-order valence-electron chi connectivity index (χ0n) is 18.5. The van der Waals surface area contributed by atoms with E-state index < -0.39 is 0 Å². The number of hydrogen-bond donors (Lipinski definition) is 1. The fraction of sp³-hybridized carbons (Fsp3) is 0.652. The summed E-state index contributed by atoms with van der Waals surface area (Å²) in [7, 11) is 3.14. The maximum Gasteiger partial charge on any atom is 0.308 e. The second kappa shape index (κ2) is 11.1. The number of esters is 1. The summed E-state index contributed by atoms with van der Waals surface area (Å²) in [4.78, 5) is 18.9. The maximum atomic E-state index is 11.8. The van der Waals surface area contributed by atoms with Crippen LogP contribution in [-0.4, -0.2) is 56.8 Å². The molecular formula is C23H35N3O4. The van der Waals surface area contributed by atoms with Crippen LogP contribution in [0.3, 0.4) is 0 Å². The molecule has 1 heterocycles. The first kappa shape index (κ1) is 22.2. The highest BCUT2D eigenvalue weighted by molar-refractivity contribution is 5.80. The molecule has 1 aliphatic heterocycles. The van der Waals surface area contributed by atoms with Gasteiger partial charge in [0.25, 0.3) is 0 Å². The van der Waals surface area contributed by atoms with Gasteiger partial charge in [0.05, 0.1) is 32.8 Å². The Kier molecular flexibility index (Phi) is 8.22. The monoisotopic (exact) mass is 417 g/mol. The number of nitrogens with zero attached hydrogens (tertiary/aromatic N) is 2. The predicted octanol–water partition coefficient (Wildman–Crippen LogP) is 3.37. The molecule has 0 radical (unpaired) electrons. The van der Waals surface area contributed by atoms with E-state index in [0.29, 0.717) is 6.54 Å². The van der Waals surface area contributed by atoms with Crippen LogP contribution in [0.2, 0.25) is 0 Å². The number of rotatable bonds is 7. The van der Waals surface area contributed by atoms with Crippen LogP contribution in [0.5, 0.6) is 11.5 Å². The van der Waals surface area contributed by atoms with Gasteiger partial charge >= 0.3 is 5.97 Å². The van der Waals surface area contributed by atoms with Gasteiger partial charge in [-0.25, -0.2) is 4.99 Å². The van der Waals surface area contributed by atoms with Gasteiger partial charge < -0.3 is 24.4 Å². The lowest BCUT2D eigenvalue weighted by molar-refractivity contribution is -0.146. The number of nitrogens with one attached hydrogen (secondary N) is 1. The second-order valence-corrected chi connectivity index (χ2v) is 7.93. The molecule has 0 atom stereocenters. The van der Waals surface area contributed by atoms with Gasteiger partial charge in [-0.15, -0.1) is 0 Å². The molecule has 0 unspecified atom stereocenters. The van der Waals surface area contributed by atoms with Crippen LogP contribution in [0.4, 0.5) is 0 Å². The van der Waals surface area contributed by atoms with Gasteiger partial charge in [-0.3, -0.25) is 4.79 Å². The average Bonchev–Trinajstić information content (AvgIpc) is 3.30. The Labute approximate surface area is 179 Å². The van der Waals surface area contributed by atoms with E-state index in [0.717, 1.165) is 68.3 Å². The summed E-state index contributed by atoms with van der Waals surface area (Å²) in [5.74, 6) is 2.32. The number of carbonyl (C=O) groups is 1. The Morgan fingerprint density at radius 3 is 2.53 bits per heavy atom. The van der Waals surface area contributed by atoms with Gasteiger partial charge in [-0.05, 0) is 51.5 Å². The summed E-state index contributed by atoms with van der Waals surface area (Å²) in [6, 6.07) is 5.99. The number of carbonyl (C=O) groups excluding carboxylic acids is 1. The number of hydrogen-bond acceptors (Lipinski definition) is 5. The van der Waals surface area contributed by atoms with Gasteiger partial charge in [-0.1, -0.05) is 12.1 Å². The van der Waals surface area contributed by atoms with E-state index in [4.69, 9.17) is 19.2 Å². The number of aliphatic imine (C=N–C) groups is 1. The summed E-state index contributed by atoms with van der Waals surface area (Å²) < 4.78 is 16.8. The van der Waals surface area contributed by atoms with Crippen molar-refractivity contribution in [3.8, 4) is 11.5 Å². The van der Waals surface area contributed by atoms with Gasteiger partial charge in [0.15, 0.2) is 17.5 Å². The molecule has 3 rings (SSSR count). The van der Waals surface area contributed by atoms with Crippen molar-refractivity contribution in [1.82, 2.24) is 10.2 Å². The summed E-state index contributed by atoms with van der Waals surface area (Å²) in [6.45, 7) is 4.94. The molecule has 1 aliphatic carbocycles. The second-order valence-electron chi connectivity index (χ2n) is 7.93. The molecule has 166 valence electrons. The lowest BCUT2D eigenvalue weighted by Crippen LogP contribution is -2.46. The molecule has 1 aromatic carbocycles. The maximum absolute atomic E-state index is 11.8. The molecule has 0 spiro atoms. The molecule has 1 saturated heterocycles. The van der Waals surface area contributed by atoms with Crippen molar-refractivity contribution in [1.29, 1.82) is 0 Å². The molecule has 1 N–H and O–H groups in total. The van der Waals surface area contributed by atoms with Crippen LogP contribution in [-0.2, 0) is 16.1 Å². The first-order valence-corrected chi connectivity index (χ1v) is 11.1. The van der Waals surface area contributed by atoms with Crippen molar-refractivity contribution in [2.45, 2.75) is 58.1 Å². The zero-order chi connectivity index (χ0) is 21.3. The lowest BCUT2D eigenvalue weighted by atomic mass is 9.97. The van der Waals surface area contributed by atoms with E-state index in [1.807, 2.05) is 12.1 Å². The molecular weight excluding hydrogens is 382 g/mol. The smallest absolute Gasteiger partial charge is 0.308 e. The van der Waals surface area contributed by atoms with Crippen LogP contribution in [0.15, 0.2) is 23.2 Å². The van der Waals surface area contributed by atoms with Crippen LogP contribution in [0.1, 0.15) is 51.0 Å². The summed E-state index contributed by atoms with van der Waals surface area (Å²) >= 11 is 0. The molecule has 30 heavy (non-hydrogen) atoms. The number of methoxy groups -OCH3 is 2. The van der Waals surface area contributed by atoms with E-state index in [1.165, 1.54) is 20.0 Å². The third-order valence-corrected chi connectivity index (χ3v) is 5.93. The fourth-order valence-electron chi connectivity index (χ4n) is 4.23. The first-order chi connectivity index (χ1) is 14.7. The standard InChI is InChI=1S/C23H35N3O4/c1-4-24-23(26-14-12-17(13-15-26)22(27)29-3)25-16-18-8-7-11-20(28-2)21(18)30-19-9-5-6-10-19/h7-8,11,17,19H,4-6,9-10,12-16H2,1-3H3,(H,24,25). The van der Waals surface area contributed by atoms with Crippen LogP contribution < -0.4 is 14.8 Å². The number of likely N-dealkylation sites (tertiary alicyclic amines) is 1. The number of guanidine groups is 1. The van der Waals surface area contributed by atoms with Gasteiger partial charge in [0, 0.05) is 25.2 Å². The quantitative estimate of drug-likeness (QED) is 0.417. The topological polar surface area (TPSA) is 72.4 Å². The van der Waals surface area contributed by atoms with Crippen molar-refractivity contribution < 1.29 is 19.0 Å². The van der Waals surface area contributed by atoms with Gasteiger partial charge in [-0.2, -0.15) is 0 Å². The summed E-state index contributed by atoms with van der Waals surface area (Å²) in [5.41, 5.74) is 1.03. The van der Waals surface area contributed by atoms with Gasteiger partial charge in [0.1, 0.15) is 0 Å². The molecule has 0 bridgehead atoms. The molecule has 1 saturated carbocycles. The van der Waals surface area contributed by atoms with E-state index in [9.17, 15) is 4.79 Å². The minimum atomic E-state index is -0.110. The van der Waals surface area contributed by atoms with Crippen molar-refractivity contribution in [3.63, 3.8) is 0 Å². The fourth-order valence-corrected chi connectivity index (χ4v) is 4.23. The minimum Gasteiger partial charge on any atom is -0.493 e. The highest BCUT2D eigenvalue weighted by Gasteiger charge is 2.27.